The van der Waals surface area contributed by atoms with E-state index >= 15 is 0 Å². The number of nitrogens with zero attached hydrogens (tertiary/aromatic N) is 3. The molecule has 0 bridgehead atoms. The summed E-state index contributed by atoms with van der Waals surface area (Å²) < 4.78 is 5.24. The lowest BCUT2D eigenvalue weighted by atomic mass is 10.2. The van der Waals surface area contributed by atoms with Crippen molar-refractivity contribution in [3.63, 3.8) is 0 Å². The fraction of sp³-hybridized carbons (Fsp3) is 0.438. The number of carbonyl (C=O) groups excluding carboxylic acids is 1. The Labute approximate surface area is 125 Å². The number of hydrogen-bond donors (Lipinski definition) is 0. The van der Waals surface area contributed by atoms with Crippen molar-refractivity contribution in [3.8, 4) is 11.5 Å². The standard InChI is InChI=1S/C16H21N3O2/c1-3-4-10-15(20)19(2)12-11-14-17-16(21-18-14)13-8-6-5-7-9-13/h5-9H,3-4,10-12H2,1-2H3. The molecular formula is C16H21N3O2. The minimum atomic E-state index is 0.170. The Hall–Kier alpha value is -2.17. The molecule has 0 aliphatic rings. The molecule has 21 heavy (non-hydrogen) atoms. The maximum Gasteiger partial charge on any atom is 0.257 e. The second kappa shape index (κ2) is 7.57. The zero-order valence-electron chi connectivity index (χ0n) is 12.6. The van der Waals surface area contributed by atoms with Gasteiger partial charge in [-0.05, 0) is 18.6 Å². The number of hydrogen-bond acceptors (Lipinski definition) is 4. The average Bonchev–Trinajstić information content (AvgIpc) is 3.00. The minimum absolute atomic E-state index is 0.170. The summed E-state index contributed by atoms with van der Waals surface area (Å²) in [6, 6.07) is 9.66. The van der Waals surface area contributed by atoms with Crippen molar-refractivity contribution in [2.24, 2.45) is 0 Å². The van der Waals surface area contributed by atoms with Crippen LogP contribution in [0.1, 0.15) is 32.0 Å². The Bertz CT molecular complexity index is 566. The molecule has 2 rings (SSSR count). The number of carbonyl (C=O) groups is 1. The molecular weight excluding hydrogens is 266 g/mol. The zero-order chi connectivity index (χ0) is 15.1. The van der Waals surface area contributed by atoms with Gasteiger partial charge in [0.2, 0.25) is 5.91 Å². The first kappa shape index (κ1) is 15.2. The summed E-state index contributed by atoms with van der Waals surface area (Å²) in [4.78, 5) is 17.9. The van der Waals surface area contributed by atoms with Crippen LogP contribution in [0.4, 0.5) is 0 Å². The summed E-state index contributed by atoms with van der Waals surface area (Å²) in [5, 5.41) is 3.96. The number of benzene rings is 1. The quantitative estimate of drug-likeness (QED) is 0.785. The summed E-state index contributed by atoms with van der Waals surface area (Å²) in [6.45, 7) is 2.69. The molecule has 1 amide bonds. The van der Waals surface area contributed by atoms with Crippen molar-refractivity contribution in [3.05, 3.63) is 36.2 Å². The number of unbranched alkanes of at least 4 members (excludes halogenated alkanes) is 1. The third-order valence-corrected chi connectivity index (χ3v) is 3.33. The maximum absolute atomic E-state index is 11.8. The van der Waals surface area contributed by atoms with E-state index in [9.17, 15) is 4.79 Å². The summed E-state index contributed by atoms with van der Waals surface area (Å²) in [5.74, 6) is 1.32. The minimum Gasteiger partial charge on any atom is -0.345 e. The van der Waals surface area contributed by atoms with Crippen LogP contribution in [-0.4, -0.2) is 34.5 Å². The Morgan fingerprint density at radius 1 is 1.29 bits per heavy atom. The van der Waals surface area contributed by atoms with Gasteiger partial charge in [-0.2, -0.15) is 4.98 Å². The van der Waals surface area contributed by atoms with Crippen molar-refractivity contribution < 1.29 is 9.32 Å². The molecule has 0 saturated carbocycles. The first-order chi connectivity index (χ1) is 10.2. The highest BCUT2D eigenvalue weighted by Gasteiger charge is 2.11. The van der Waals surface area contributed by atoms with Crippen molar-refractivity contribution in [2.75, 3.05) is 13.6 Å². The van der Waals surface area contributed by atoms with Crippen LogP contribution in [-0.2, 0) is 11.2 Å². The Morgan fingerprint density at radius 3 is 2.76 bits per heavy atom. The maximum atomic E-state index is 11.8. The van der Waals surface area contributed by atoms with Crippen molar-refractivity contribution in [1.82, 2.24) is 15.0 Å². The summed E-state index contributed by atoms with van der Waals surface area (Å²) in [6.07, 6.45) is 3.17. The average molecular weight is 287 g/mol. The van der Waals surface area contributed by atoms with E-state index in [1.165, 1.54) is 0 Å². The van der Waals surface area contributed by atoms with Crippen LogP contribution in [0.15, 0.2) is 34.9 Å². The van der Waals surface area contributed by atoms with Crippen LogP contribution in [0.2, 0.25) is 0 Å². The summed E-state index contributed by atoms with van der Waals surface area (Å²) in [7, 11) is 1.82. The molecule has 1 heterocycles. The lowest BCUT2D eigenvalue weighted by Gasteiger charge is -2.15. The van der Waals surface area contributed by atoms with Crippen molar-refractivity contribution in [2.45, 2.75) is 32.6 Å². The second-order valence-electron chi connectivity index (χ2n) is 5.05. The number of aromatic nitrogens is 2. The molecule has 2 aromatic rings. The van der Waals surface area contributed by atoms with Crippen molar-refractivity contribution in [1.29, 1.82) is 0 Å². The van der Waals surface area contributed by atoms with Gasteiger partial charge in [0.15, 0.2) is 5.82 Å². The van der Waals surface area contributed by atoms with E-state index in [0.29, 0.717) is 31.1 Å². The van der Waals surface area contributed by atoms with E-state index in [2.05, 4.69) is 17.1 Å². The molecule has 0 aliphatic carbocycles. The molecule has 0 spiro atoms. The number of rotatable bonds is 7. The third kappa shape index (κ3) is 4.41. The molecule has 0 fully saturated rings. The van der Waals surface area contributed by atoms with Crippen LogP contribution in [0.3, 0.4) is 0 Å². The Balaban J connectivity index is 1.87. The molecule has 1 aromatic carbocycles. The van der Waals surface area contributed by atoms with E-state index < -0.39 is 0 Å². The highest BCUT2D eigenvalue weighted by Crippen LogP contribution is 2.16. The van der Waals surface area contributed by atoms with E-state index in [1.807, 2.05) is 37.4 Å². The van der Waals surface area contributed by atoms with Gasteiger partial charge in [-0.25, -0.2) is 0 Å². The van der Waals surface area contributed by atoms with Gasteiger partial charge in [-0.3, -0.25) is 4.79 Å². The smallest absolute Gasteiger partial charge is 0.257 e. The van der Waals surface area contributed by atoms with Gasteiger partial charge in [0.1, 0.15) is 0 Å². The Kier molecular flexibility index (Phi) is 5.49. The first-order valence-corrected chi connectivity index (χ1v) is 7.32. The van der Waals surface area contributed by atoms with Crippen LogP contribution >= 0.6 is 0 Å². The van der Waals surface area contributed by atoms with E-state index in [-0.39, 0.29) is 5.91 Å². The molecule has 0 aliphatic heterocycles. The molecule has 0 N–H and O–H groups in total. The first-order valence-electron chi connectivity index (χ1n) is 7.32. The molecule has 0 saturated heterocycles. The molecule has 5 nitrogen and oxygen atoms in total. The highest BCUT2D eigenvalue weighted by molar-refractivity contribution is 5.75. The lowest BCUT2D eigenvalue weighted by molar-refractivity contribution is -0.130. The molecule has 0 unspecified atom stereocenters. The normalized spacial score (nSPS) is 10.6. The van der Waals surface area contributed by atoms with E-state index in [4.69, 9.17) is 4.52 Å². The van der Waals surface area contributed by atoms with Gasteiger partial charge in [-0.1, -0.05) is 36.7 Å². The fourth-order valence-electron chi connectivity index (χ4n) is 1.96. The van der Waals surface area contributed by atoms with E-state index in [1.54, 1.807) is 4.90 Å². The SMILES string of the molecule is CCCCC(=O)N(C)CCc1noc(-c2ccccc2)n1. The van der Waals surface area contributed by atoms with Gasteiger partial charge < -0.3 is 9.42 Å². The predicted molar refractivity (Wildman–Crippen MR) is 80.6 cm³/mol. The van der Waals surface area contributed by atoms with Gasteiger partial charge >= 0.3 is 0 Å². The van der Waals surface area contributed by atoms with Gasteiger partial charge in [0.05, 0.1) is 0 Å². The number of amides is 1. The lowest BCUT2D eigenvalue weighted by Crippen LogP contribution is -2.28. The van der Waals surface area contributed by atoms with Crippen LogP contribution in [0, 0.1) is 0 Å². The van der Waals surface area contributed by atoms with Crippen LogP contribution in [0.5, 0.6) is 0 Å². The van der Waals surface area contributed by atoms with Crippen LogP contribution < -0.4 is 0 Å². The molecule has 0 radical (unpaired) electrons. The van der Waals surface area contributed by atoms with E-state index in [0.717, 1.165) is 18.4 Å². The van der Waals surface area contributed by atoms with Gasteiger partial charge in [0.25, 0.3) is 5.89 Å². The zero-order valence-corrected chi connectivity index (χ0v) is 12.6. The third-order valence-electron chi connectivity index (χ3n) is 3.33. The van der Waals surface area contributed by atoms with Crippen molar-refractivity contribution >= 4 is 5.91 Å². The fourth-order valence-corrected chi connectivity index (χ4v) is 1.96. The monoisotopic (exact) mass is 287 g/mol. The topological polar surface area (TPSA) is 59.2 Å². The highest BCUT2D eigenvalue weighted by atomic mass is 16.5. The summed E-state index contributed by atoms with van der Waals surface area (Å²) in [5.41, 5.74) is 0.906. The Morgan fingerprint density at radius 2 is 2.05 bits per heavy atom. The van der Waals surface area contributed by atoms with Crippen LogP contribution in [0.25, 0.3) is 11.5 Å². The second-order valence-corrected chi connectivity index (χ2v) is 5.05. The predicted octanol–water partition coefficient (Wildman–Crippen LogP) is 2.93. The molecule has 1 aromatic heterocycles. The van der Waals surface area contributed by atoms with Gasteiger partial charge in [-0.15, -0.1) is 0 Å². The molecule has 5 heteroatoms. The molecule has 0 atom stereocenters. The largest absolute Gasteiger partial charge is 0.345 e. The number of likely N-dealkylation sites (N-methyl/N-ethyl adjacent to an activating group) is 1. The molecule has 112 valence electrons. The summed E-state index contributed by atoms with van der Waals surface area (Å²) >= 11 is 0. The van der Waals surface area contributed by atoms with Gasteiger partial charge in [0, 0.05) is 32.0 Å².